The lowest BCUT2D eigenvalue weighted by atomic mass is 9.88. The van der Waals surface area contributed by atoms with Crippen LogP contribution in [0.2, 0.25) is 0 Å². The first-order valence-corrected chi connectivity index (χ1v) is 16.8. The van der Waals surface area contributed by atoms with E-state index >= 15 is 0 Å². The van der Waals surface area contributed by atoms with Crippen LogP contribution in [0.3, 0.4) is 0 Å². The maximum Gasteiger partial charge on any atom is 0.410 e. The standard InChI is InChI=1S/C35H56N2O9/c1-8-28(40)25(5)33-29(44-33)20-22(2)10-9-11-23(3)32-24(4)12-13-30(35(7,43)15-14-27(39)21-31(41)46-32)45-34(42)37-18-16-36(17-19-37)26(6)38/h9-13,22,24-25,27-30,32-33,39-40,43H,8,14-21H2,1-7H3. The number of ether oxygens (including phenoxy) is 3. The van der Waals surface area contributed by atoms with Crippen LogP contribution in [-0.2, 0) is 23.8 Å². The first-order chi connectivity index (χ1) is 21.6. The topological polar surface area (TPSA) is 149 Å². The highest BCUT2D eigenvalue weighted by molar-refractivity contribution is 5.74. The highest BCUT2D eigenvalue weighted by Gasteiger charge is 2.45. The van der Waals surface area contributed by atoms with E-state index in [9.17, 15) is 29.7 Å². The third kappa shape index (κ3) is 10.9. The second kappa shape index (κ2) is 16.9. The van der Waals surface area contributed by atoms with E-state index < -0.39 is 36.0 Å². The van der Waals surface area contributed by atoms with Crippen LogP contribution in [0.15, 0.2) is 36.0 Å². The maximum absolute atomic E-state index is 13.1. The van der Waals surface area contributed by atoms with Crippen LogP contribution in [0, 0.1) is 17.8 Å². The summed E-state index contributed by atoms with van der Waals surface area (Å²) in [5.41, 5.74) is -0.711. The second-order valence-corrected chi connectivity index (χ2v) is 13.7. The molecule has 2 amide bonds. The zero-order valence-corrected chi connectivity index (χ0v) is 28.6. The molecule has 3 rings (SSSR count). The smallest absolute Gasteiger partial charge is 0.410 e. The minimum Gasteiger partial charge on any atom is -0.457 e. The molecule has 0 saturated carbocycles. The molecular formula is C35H56N2O9. The number of piperazine rings is 1. The highest BCUT2D eigenvalue weighted by atomic mass is 16.6. The third-order valence-corrected chi connectivity index (χ3v) is 9.55. The minimum atomic E-state index is -1.51. The van der Waals surface area contributed by atoms with Gasteiger partial charge in [-0.1, -0.05) is 52.0 Å². The summed E-state index contributed by atoms with van der Waals surface area (Å²) in [6.07, 6.45) is 7.45. The van der Waals surface area contributed by atoms with Gasteiger partial charge in [-0.25, -0.2) is 4.79 Å². The molecule has 2 fully saturated rings. The molecule has 10 atom stereocenters. The molecule has 0 aromatic carbocycles. The van der Waals surface area contributed by atoms with Gasteiger partial charge in [-0.3, -0.25) is 9.59 Å². The summed E-state index contributed by atoms with van der Waals surface area (Å²) < 4.78 is 17.5. The summed E-state index contributed by atoms with van der Waals surface area (Å²) >= 11 is 0. The number of hydrogen-bond donors (Lipinski definition) is 3. The summed E-state index contributed by atoms with van der Waals surface area (Å²) in [6.45, 7) is 14.4. The van der Waals surface area contributed by atoms with Crippen molar-refractivity contribution in [2.24, 2.45) is 17.8 Å². The fourth-order valence-corrected chi connectivity index (χ4v) is 6.17. The number of cyclic esters (lactones) is 1. The molecule has 0 spiro atoms. The Kier molecular flexibility index (Phi) is 13.9. The van der Waals surface area contributed by atoms with Crippen LogP contribution in [-0.4, -0.2) is 111 Å². The second-order valence-electron chi connectivity index (χ2n) is 13.7. The maximum atomic E-state index is 13.1. The van der Waals surface area contributed by atoms with Gasteiger partial charge in [0.2, 0.25) is 5.91 Å². The SMILES string of the molecule is CCC(O)C(C)C1OC1CC(C)C=CC=C(C)C1OC(=O)CC(O)CCC(C)(O)C(OC(=O)N2CCN(C(C)=O)CC2)C=CC1C. The first-order valence-electron chi connectivity index (χ1n) is 16.8. The molecule has 260 valence electrons. The summed E-state index contributed by atoms with van der Waals surface area (Å²) in [6, 6.07) is 0. The largest absolute Gasteiger partial charge is 0.457 e. The number of aliphatic hydroxyl groups is 3. The van der Waals surface area contributed by atoms with Gasteiger partial charge in [0.25, 0.3) is 0 Å². The van der Waals surface area contributed by atoms with Gasteiger partial charge < -0.3 is 39.3 Å². The number of esters is 1. The fourth-order valence-electron chi connectivity index (χ4n) is 6.17. The van der Waals surface area contributed by atoms with Gasteiger partial charge in [-0.2, -0.15) is 0 Å². The lowest BCUT2D eigenvalue weighted by Crippen LogP contribution is -2.52. The van der Waals surface area contributed by atoms with Crippen molar-refractivity contribution < 1.29 is 43.9 Å². The molecule has 3 aliphatic rings. The molecule has 0 aromatic heterocycles. The quantitative estimate of drug-likeness (QED) is 0.147. The lowest BCUT2D eigenvalue weighted by Gasteiger charge is -2.37. The van der Waals surface area contributed by atoms with Gasteiger partial charge in [0.15, 0.2) is 6.10 Å². The van der Waals surface area contributed by atoms with Crippen LogP contribution in [0.5, 0.6) is 0 Å². The zero-order chi connectivity index (χ0) is 34.2. The number of nitrogens with zero attached hydrogens (tertiary/aromatic N) is 2. The Morgan fingerprint density at radius 2 is 1.80 bits per heavy atom. The molecule has 3 aliphatic heterocycles. The van der Waals surface area contributed by atoms with Crippen LogP contribution >= 0.6 is 0 Å². The first kappa shape index (κ1) is 37.7. The Labute approximate surface area is 274 Å². The Bertz CT molecular complexity index is 1130. The van der Waals surface area contributed by atoms with Gasteiger partial charge in [0.05, 0.1) is 30.8 Å². The Balaban J connectivity index is 1.71. The molecular weight excluding hydrogens is 592 g/mol. The van der Waals surface area contributed by atoms with Crippen molar-refractivity contribution in [3.05, 3.63) is 36.0 Å². The number of hydrogen-bond acceptors (Lipinski definition) is 9. The molecule has 0 aromatic rings. The number of allylic oxidation sites excluding steroid dienone is 3. The van der Waals surface area contributed by atoms with E-state index in [-0.39, 0.29) is 61.2 Å². The number of carbonyl (C=O) groups excluding carboxylic acids is 3. The van der Waals surface area contributed by atoms with Crippen LogP contribution in [0.4, 0.5) is 4.79 Å². The van der Waals surface area contributed by atoms with E-state index in [1.165, 1.54) is 11.8 Å². The van der Waals surface area contributed by atoms with Crippen LogP contribution in [0.1, 0.15) is 80.6 Å². The average Bonchev–Trinajstić information content (AvgIpc) is 3.77. The zero-order valence-electron chi connectivity index (χ0n) is 28.6. The molecule has 3 N–H and O–H groups in total. The van der Waals surface area contributed by atoms with Gasteiger partial charge >= 0.3 is 12.1 Å². The summed E-state index contributed by atoms with van der Waals surface area (Å²) in [5.74, 6) is -0.580. The Morgan fingerprint density at radius 1 is 1.15 bits per heavy atom. The normalized spacial score (nSPS) is 33.4. The summed E-state index contributed by atoms with van der Waals surface area (Å²) in [4.78, 5) is 40.8. The van der Waals surface area contributed by atoms with E-state index in [1.807, 2.05) is 39.8 Å². The molecule has 0 aliphatic carbocycles. The number of carbonyl (C=O) groups is 3. The number of amides is 2. The van der Waals surface area contributed by atoms with Gasteiger partial charge in [-0.15, -0.1) is 0 Å². The average molecular weight is 649 g/mol. The predicted molar refractivity (Wildman–Crippen MR) is 174 cm³/mol. The van der Waals surface area contributed by atoms with Gasteiger partial charge in [0, 0.05) is 44.9 Å². The summed E-state index contributed by atoms with van der Waals surface area (Å²) in [5, 5.41) is 32.1. The van der Waals surface area contributed by atoms with E-state index in [0.717, 1.165) is 12.0 Å². The van der Waals surface area contributed by atoms with E-state index in [2.05, 4.69) is 13.0 Å². The van der Waals surface area contributed by atoms with Gasteiger partial charge in [0.1, 0.15) is 11.7 Å². The molecule has 11 heteroatoms. The monoisotopic (exact) mass is 648 g/mol. The summed E-state index contributed by atoms with van der Waals surface area (Å²) in [7, 11) is 0. The van der Waals surface area contributed by atoms with E-state index in [4.69, 9.17) is 14.2 Å². The number of aliphatic hydroxyl groups excluding tert-OH is 2. The molecule has 0 radical (unpaired) electrons. The predicted octanol–water partition coefficient (Wildman–Crippen LogP) is 3.76. The van der Waals surface area contributed by atoms with E-state index in [0.29, 0.717) is 32.6 Å². The van der Waals surface area contributed by atoms with Crippen LogP contribution in [0.25, 0.3) is 0 Å². The molecule has 10 unspecified atom stereocenters. The van der Waals surface area contributed by atoms with Crippen molar-refractivity contribution in [1.82, 2.24) is 9.80 Å². The molecule has 3 heterocycles. The third-order valence-electron chi connectivity index (χ3n) is 9.55. The molecule has 46 heavy (non-hydrogen) atoms. The minimum absolute atomic E-state index is 0.0460. The Morgan fingerprint density at radius 3 is 2.43 bits per heavy atom. The van der Waals surface area contributed by atoms with Gasteiger partial charge in [-0.05, 0) is 57.1 Å². The van der Waals surface area contributed by atoms with E-state index in [1.54, 1.807) is 24.0 Å². The fraction of sp³-hybridized carbons (Fsp3) is 0.743. The molecule has 11 nitrogen and oxygen atoms in total. The van der Waals surface area contributed by atoms with Crippen molar-refractivity contribution in [3.63, 3.8) is 0 Å². The Hall–Kier alpha value is -2.73. The number of rotatable bonds is 9. The molecule has 2 saturated heterocycles. The van der Waals surface area contributed by atoms with Crippen LogP contribution < -0.4 is 0 Å². The number of epoxide rings is 1. The molecule has 0 bridgehead atoms. The van der Waals surface area contributed by atoms with Crippen molar-refractivity contribution in [1.29, 1.82) is 0 Å². The van der Waals surface area contributed by atoms with Crippen molar-refractivity contribution in [3.8, 4) is 0 Å². The highest BCUT2D eigenvalue weighted by Crippen LogP contribution is 2.36. The van der Waals surface area contributed by atoms with Crippen molar-refractivity contribution in [2.45, 2.75) is 123 Å². The van der Waals surface area contributed by atoms with Crippen molar-refractivity contribution in [2.75, 3.05) is 26.2 Å². The lowest BCUT2D eigenvalue weighted by molar-refractivity contribution is -0.151. The van der Waals surface area contributed by atoms with Crippen molar-refractivity contribution >= 4 is 18.0 Å².